The number of hydroxylamine groups is 2. The quantitative estimate of drug-likeness (QED) is 0.111. The van der Waals surface area contributed by atoms with Crippen molar-refractivity contribution in [2.45, 2.75) is 179 Å². The highest BCUT2D eigenvalue weighted by Gasteiger charge is 2.77. The number of aliphatic hydroxyl groups is 1. The van der Waals surface area contributed by atoms with Crippen LogP contribution in [0.3, 0.4) is 0 Å². The van der Waals surface area contributed by atoms with Crippen LogP contribution in [0, 0.1) is 5.41 Å². The van der Waals surface area contributed by atoms with Crippen molar-refractivity contribution in [1.29, 1.82) is 0 Å². The topological polar surface area (TPSA) is 173 Å². The van der Waals surface area contributed by atoms with Gasteiger partial charge in [-0.25, -0.2) is 0 Å². The number of nitrogens with zero attached hydrogens (tertiary/aromatic N) is 3. The molecule has 0 spiro atoms. The predicted octanol–water partition coefficient (Wildman–Crippen LogP) is 4.82. The van der Waals surface area contributed by atoms with Gasteiger partial charge in [0.25, 0.3) is 0 Å². The Morgan fingerprint density at radius 1 is 1.03 bits per heavy atom. The van der Waals surface area contributed by atoms with E-state index in [1.807, 2.05) is 24.3 Å². The summed E-state index contributed by atoms with van der Waals surface area (Å²) in [6.45, 7) is 9.57. The Labute approximate surface area is 360 Å². The summed E-state index contributed by atoms with van der Waals surface area (Å²) in [6.07, 6.45) is 8.35. The lowest BCUT2D eigenvalue weighted by molar-refractivity contribution is -0.225. The van der Waals surface area contributed by atoms with Crippen LogP contribution in [0.15, 0.2) is 30.3 Å². The SMILES string of the molecule is CCCCCC1(CCCCC)O[C@@H]2[C@H](O1)[C@H]1ON(Cc3ccccc3C=CC(=O)N(C)C)[C@H]3C(=O)O[C@@H]2C[C@@]13C(=O)N1CCC[C@@H]1C(=O)N[C@H](CO)CCC(=O)OC(C)(C)C. The maximum Gasteiger partial charge on any atom is 0.327 e. The number of unbranched alkanes of at least 4 members (excludes halogenated alkanes) is 4. The molecule has 5 aliphatic rings. The van der Waals surface area contributed by atoms with Crippen LogP contribution in [0.25, 0.3) is 6.08 Å². The standard InChI is InChI=1S/C46H68N4O11/c1-8-10-14-24-45(25-15-11-9-2)59-37-34-27-46(43(56)49-26-16-19-33(49)41(54)47-32(29-51)21-23-36(53)58-44(3,4)5)39(42(55)57-34)50(61-40(46)38(37)60-45)28-31-18-13-12-17-30(31)20-22-35(52)48(6)7/h12-13,17-18,20,22,32-34,37-40,51H,8-11,14-16,19,21,23-29H2,1-7H3,(H,47,54)/t32-,33+,34+,37-,38-,39-,40+,46-/m0/s1. The Balaban J connectivity index is 1.33. The first-order valence-electron chi connectivity index (χ1n) is 22.5. The lowest BCUT2D eigenvalue weighted by atomic mass is 9.62. The molecule has 1 aromatic rings. The Bertz CT molecular complexity index is 1770. The molecule has 6 rings (SSSR count). The number of amides is 3. The van der Waals surface area contributed by atoms with Crippen molar-refractivity contribution in [3.63, 3.8) is 0 Å². The summed E-state index contributed by atoms with van der Waals surface area (Å²) in [6, 6.07) is 4.69. The second-order valence-corrected chi connectivity index (χ2v) is 18.6. The highest BCUT2D eigenvalue weighted by Crippen LogP contribution is 2.59. The van der Waals surface area contributed by atoms with Crippen molar-refractivity contribution >= 4 is 35.7 Å². The number of likely N-dealkylation sites (tertiary alicyclic amines) is 1. The van der Waals surface area contributed by atoms with Crippen LogP contribution in [0.4, 0.5) is 0 Å². The fourth-order valence-electron chi connectivity index (χ4n) is 9.74. The minimum Gasteiger partial charge on any atom is -0.460 e. The minimum absolute atomic E-state index is 0.00683. The third-order valence-electron chi connectivity index (χ3n) is 12.7. The average molecular weight is 853 g/mol. The molecule has 338 valence electrons. The number of ether oxygens (including phenoxy) is 4. The van der Waals surface area contributed by atoms with Gasteiger partial charge in [-0.1, -0.05) is 63.8 Å². The first-order valence-corrected chi connectivity index (χ1v) is 22.5. The molecule has 4 saturated heterocycles. The molecule has 61 heavy (non-hydrogen) atoms. The number of aliphatic hydroxyl groups excluding tert-OH is 1. The number of fused-ring (bicyclic) bond motifs is 4. The van der Waals surface area contributed by atoms with E-state index in [-0.39, 0.29) is 44.2 Å². The van der Waals surface area contributed by atoms with Crippen LogP contribution < -0.4 is 5.32 Å². The van der Waals surface area contributed by atoms with Crippen molar-refractivity contribution in [2.75, 3.05) is 27.2 Å². The molecule has 0 unspecified atom stereocenters. The zero-order valence-electron chi connectivity index (χ0n) is 37.2. The molecule has 0 aromatic heterocycles. The van der Waals surface area contributed by atoms with Crippen LogP contribution in [0.5, 0.6) is 0 Å². The zero-order chi connectivity index (χ0) is 44.1. The van der Waals surface area contributed by atoms with Gasteiger partial charge in [0.05, 0.1) is 19.2 Å². The third-order valence-corrected chi connectivity index (χ3v) is 12.7. The fourth-order valence-corrected chi connectivity index (χ4v) is 9.74. The average Bonchev–Trinajstić information content (AvgIpc) is 3.94. The molecule has 4 heterocycles. The largest absolute Gasteiger partial charge is 0.460 e. The van der Waals surface area contributed by atoms with Gasteiger partial charge in [0.15, 0.2) is 11.8 Å². The first-order chi connectivity index (χ1) is 29.1. The molecule has 0 radical (unpaired) electrons. The van der Waals surface area contributed by atoms with Crippen LogP contribution >= 0.6 is 0 Å². The molecule has 1 aliphatic carbocycles. The van der Waals surface area contributed by atoms with Gasteiger partial charge in [-0.15, -0.1) is 0 Å². The van der Waals surface area contributed by atoms with E-state index in [2.05, 4.69) is 19.2 Å². The molecule has 8 atom stereocenters. The second-order valence-electron chi connectivity index (χ2n) is 18.6. The zero-order valence-corrected chi connectivity index (χ0v) is 37.2. The van der Waals surface area contributed by atoms with E-state index in [0.29, 0.717) is 25.7 Å². The lowest BCUT2D eigenvalue weighted by Gasteiger charge is -2.50. The van der Waals surface area contributed by atoms with E-state index in [1.54, 1.807) is 50.9 Å². The monoisotopic (exact) mass is 852 g/mol. The van der Waals surface area contributed by atoms with E-state index in [0.717, 1.165) is 49.7 Å². The highest BCUT2D eigenvalue weighted by atomic mass is 16.8. The molecular formula is C46H68N4O11. The van der Waals surface area contributed by atoms with Crippen LogP contribution in [0.2, 0.25) is 0 Å². The summed E-state index contributed by atoms with van der Waals surface area (Å²) in [5.41, 5.74) is -0.663. The van der Waals surface area contributed by atoms with Crippen molar-refractivity contribution in [1.82, 2.24) is 20.2 Å². The smallest absolute Gasteiger partial charge is 0.327 e. The van der Waals surface area contributed by atoms with E-state index >= 15 is 4.79 Å². The number of benzene rings is 1. The summed E-state index contributed by atoms with van der Waals surface area (Å²) < 4.78 is 25.7. The van der Waals surface area contributed by atoms with E-state index in [4.69, 9.17) is 23.8 Å². The molecule has 15 nitrogen and oxygen atoms in total. The van der Waals surface area contributed by atoms with Crippen LogP contribution in [-0.2, 0) is 54.3 Å². The Kier molecular flexibility index (Phi) is 15.0. The normalized spacial score (nSPS) is 28.4. The summed E-state index contributed by atoms with van der Waals surface area (Å²) in [5.74, 6) is -3.01. The van der Waals surface area contributed by atoms with E-state index < -0.39 is 83.8 Å². The summed E-state index contributed by atoms with van der Waals surface area (Å²) in [4.78, 5) is 79.1. The van der Waals surface area contributed by atoms with Gasteiger partial charge in [-0.3, -0.25) is 28.8 Å². The summed E-state index contributed by atoms with van der Waals surface area (Å²) in [5, 5.41) is 14.6. The number of likely N-dealkylation sites (N-methyl/N-ethyl adjacent to an activating group) is 1. The maximum absolute atomic E-state index is 15.6. The molecule has 2 bridgehead atoms. The fraction of sp³-hybridized carbons (Fsp3) is 0.717. The number of hydrogen-bond acceptors (Lipinski definition) is 12. The maximum atomic E-state index is 15.6. The minimum atomic E-state index is -1.49. The van der Waals surface area contributed by atoms with Gasteiger partial charge in [-0.2, -0.15) is 5.06 Å². The molecule has 15 heteroatoms. The summed E-state index contributed by atoms with van der Waals surface area (Å²) >= 11 is 0. The second kappa shape index (κ2) is 19.7. The Hall–Kier alpha value is -3.89. The van der Waals surface area contributed by atoms with Crippen LogP contribution in [-0.4, -0.2) is 131 Å². The molecule has 2 N–H and O–H groups in total. The molecule has 4 aliphatic heterocycles. The molecule has 1 saturated carbocycles. The molecular weight excluding hydrogens is 785 g/mol. The Morgan fingerprint density at radius 2 is 1.72 bits per heavy atom. The van der Waals surface area contributed by atoms with E-state index in [9.17, 15) is 24.3 Å². The number of nitrogens with one attached hydrogen (secondary N) is 1. The molecule has 3 amide bonds. The Morgan fingerprint density at radius 3 is 2.38 bits per heavy atom. The van der Waals surface area contributed by atoms with Crippen molar-refractivity contribution in [2.24, 2.45) is 5.41 Å². The molecule has 1 aromatic carbocycles. The number of carbonyl (C=O) groups excluding carboxylic acids is 5. The van der Waals surface area contributed by atoms with Gasteiger partial charge in [0.2, 0.25) is 17.7 Å². The van der Waals surface area contributed by atoms with Crippen molar-refractivity contribution < 1.29 is 52.9 Å². The summed E-state index contributed by atoms with van der Waals surface area (Å²) in [7, 11) is 3.35. The predicted molar refractivity (Wildman–Crippen MR) is 225 cm³/mol. The van der Waals surface area contributed by atoms with Crippen molar-refractivity contribution in [3.05, 3.63) is 41.5 Å². The number of esters is 2. The third kappa shape index (κ3) is 10.2. The van der Waals surface area contributed by atoms with E-state index in [1.165, 1.54) is 11.0 Å². The van der Waals surface area contributed by atoms with Gasteiger partial charge in [0.1, 0.15) is 41.5 Å². The highest BCUT2D eigenvalue weighted by molar-refractivity contribution is 5.97. The van der Waals surface area contributed by atoms with Crippen molar-refractivity contribution in [3.8, 4) is 0 Å². The molecule has 5 fully saturated rings. The number of rotatable bonds is 19. The van der Waals surface area contributed by atoms with Gasteiger partial charge in [-0.05, 0) is 70.1 Å². The first kappa shape index (κ1) is 46.6. The lowest BCUT2D eigenvalue weighted by Crippen LogP contribution is -2.70. The van der Waals surface area contributed by atoms with Gasteiger partial charge < -0.3 is 39.2 Å². The number of carbonyl (C=O) groups is 5. The van der Waals surface area contributed by atoms with Crippen LogP contribution in [0.1, 0.15) is 129 Å². The van der Waals surface area contributed by atoms with Gasteiger partial charge >= 0.3 is 11.9 Å². The van der Waals surface area contributed by atoms with Gasteiger partial charge in [0, 0.05) is 52.4 Å². The number of hydrogen-bond donors (Lipinski definition) is 2.